The summed E-state index contributed by atoms with van der Waals surface area (Å²) in [7, 11) is 4.09. The maximum Gasteiger partial charge on any atom is 0.405 e. The Labute approximate surface area is 244 Å². The topological polar surface area (TPSA) is 72.9 Å². The number of likely N-dealkylation sites (tertiary alicyclic amines) is 1. The lowest BCUT2D eigenvalue weighted by Gasteiger charge is -2.47. The normalized spacial score (nSPS) is 41.8. The zero-order valence-corrected chi connectivity index (χ0v) is 25.5. The number of nitrogens with one attached hydrogen (secondary N) is 4. The van der Waals surface area contributed by atoms with Crippen molar-refractivity contribution in [3.63, 3.8) is 0 Å². The van der Waals surface area contributed by atoms with Crippen molar-refractivity contribution < 1.29 is 13.2 Å². The zero-order chi connectivity index (χ0) is 29.1. The van der Waals surface area contributed by atoms with E-state index >= 15 is 0 Å². The SMILES string of the molecule is CC(C)C1CCCCC1C1NCC2C(N1)N(CC1CCC(C3NC(C(F)(F)F)CN3C3CN(C)C3)CC1)C(=N)N2C. The van der Waals surface area contributed by atoms with Gasteiger partial charge in [-0.05, 0) is 75.2 Å². The highest BCUT2D eigenvalue weighted by Gasteiger charge is 2.52. The predicted octanol–water partition coefficient (Wildman–Crippen LogP) is 3.13. The molecule has 2 aliphatic carbocycles. The van der Waals surface area contributed by atoms with Crippen LogP contribution < -0.4 is 16.0 Å². The van der Waals surface area contributed by atoms with E-state index in [1.165, 1.54) is 25.7 Å². The molecule has 41 heavy (non-hydrogen) atoms. The first kappa shape index (κ1) is 29.9. The molecular weight excluding hydrogens is 529 g/mol. The molecule has 2 saturated carbocycles. The summed E-state index contributed by atoms with van der Waals surface area (Å²) in [5.74, 6) is 3.36. The van der Waals surface area contributed by atoms with Crippen molar-refractivity contribution in [1.29, 1.82) is 5.41 Å². The smallest absolute Gasteiger partial charge is 0.338 e. The van der Waals surface area contributed by atoms with E-state index in [0.717, 1.165) is 57.8 Å². The Balaban J connectivity index is 1.07. The van der Waals surface area contributed by atoms with Gasteiger partial charge in [-0.15, -0.1) is 0 Å². The number of halogens is 3. The van der Waals surface area contributed by atoms with Gasteiger partial charge in [0.2, 0.25) is 0 Å². The van der Waals surface area contributed by atoms with E-state index in [9.17, 15) is 13.2 Å². The molecule has 0 aromatic rings. The quantitative estimate of drug-likeness (QED) is 0.384. The van der Waals surface area contributed by atoms with Gasteiger partial charge in [0.25, 0.3) is 0 Å². The number of likely N-dealkylation sites (N-methyl/N-ethyl adjacent to an activating group) is 2. The molecule has 4 saturated heterocycles. The van der Waals surface area contributed by atoms with Crippen molar-refractivity contribution >= 4 is 5.96 Å². The summed E-state index contributed by atoms with van der Waals surface area (Å²) < 4.78 is 41.1. The summed E-state index contributed by atoms with van der Waals surface area (Å²) >= 11 is 0. The van der Waals surface area contributed by atoms with E-state index in [0.29, 0.717) is 23.7 Å². The molecule has 0 amide bonds. The minimum absolute atomic E-state index is 0.0759. The van der Waals surface area contributed by atoms with Gasteiger partial charge in [0.05, 0.1) is 18.4 Å². The van der Waals surface area contributed by atoms with Gasteiger partial charge in [-0.3, -0.25) is 26.3 Å². The van der Waals surface area contributed by atoms with E-state index < -0.39 is 12.2 Å². The monoisotopic (exact) mass is 582 g/mol. The van der Waals surface area contributed by atoms with Gasteiger partial charge in [0, 0.05) is 45.8 Å². The Morgan fingerprint density at radius 2 is 1.63 bits per heavy atom. The van der Waals surface area contributed by atoms with Gasteiger partial charge >= 0.3 is 6.18 Å². The van der Waals surface area contributed by atoms with Crippen LogP contribution in [0.4, 0.5) is 13.2 Å². The van der Waals surface area contributed by atoms with E-state index in [1.54, 1.807) is 0 Å². The van der Waals surface area contributed by atoms with Crippen LogP contribution in [0.15, 0.2) is 0 Å². The molecule has 11 heteroatoms. The molecule has 0 aromatic heterocycles. The fraction of sp³-hybridized carbons (Fsp3) is 0.967. The Morgan fingerprint density at radius 1 is 0.927 bits per heavy atom. The molecule has 6 rings (SSSR count). The molecule has 0 spiro atoms. The van der Waals surface area contributed by atoms with Crippen LogP contribution in [0.2, 0.25) is 0 Å². The van der Waals surface area contributed by atoms with Gasteiger partial charge in [0.1, 0.15) is 12.2 Å². The third-order valence-corrected chi connectivity index (χ3v) is 11.7. The van der Waals surface area contributed by atoms with Gasteiger partial charge < -0.3 is 14.7 Å². The molecular formula is C30H53F3N8. The maximum absolute atomic E-state index is 13.7. The fourth-order valence-electron chi connectivity index (χ4n) is 9.26. The molecule has 0 radical (unpaired) electrons. The van der Waals surface area contributed by atoms with Crippen molar-refractivity contribution in [2.75, 3.05) is 46.8 Å². The minimum Gasteiger partial charge on any atom is -0.338 e. The minimum atomic E-state index is -4.20. The summed E-state index contributed by atoms with van der Waals surface area (Å²) in [6.07, 6.45) is 5.19. The van der Waals surface area contributed by atoms with Crippen LogP contribution in [0.3, 0.4) is 0 Å². The molecule has 6 fully saturated rings. The summed E-state index contributed by atoms with van der Waals surface area (Å²) in [6, 6.07) is -0.960. The van der Waals surface area contributed by atoms with Crippen molar-refractivity contribution in [2.45, 2.75) is 108 Å². The molecule has 6 aliphatic rings. The highest BCUT2D eigenvalue weighted by atomic mass is 19.4. The highest BCUT2D eigenvalue weighted by molar-refractivity contribution is 5.80. The van der Waals surface area contributed by atoms with Crippen LogP contribution in [0.1, 0.15) is 65.2 Å². The van der Waals surface area contributed by atoms with E-state index in [1.807, 2.05) is 14.1 Å². The van der Waals surface area contributed by atoms with Crippen LogP contribution in [0.5, 0.6) is 0 Å². The average molecular weight is 583 g/mol. The highest BCUT2D eigenvalue weighted by Crippen LogP contribution is 2.40. The molecule has 234 valence electrons. The molecule has 4 aliphatic heterocycles. The second kappa shape index (κ2) is 11.7. The lowest BCUT2D eigenvalue weighted by Crippen LogP contribution is -2.67. The molecule has 4 heterocycles. The third-order valence-electron chi connectivity index (χ3n) is 11.7. The predicted molar refractivity (Wildman–Crippen MR) is 155 cm³/mol. The Morgan fingerprint density at radius 3 is 2.29 bits per heavy atom. The number of nitrogens with zero attached hydrogens (tertiary/aromatic N) is 4. The number of rotatable bonds is 6. The fourth-order valence-corrected chi connectivity index (χ4v) is 9.26. The van der Waals surface area contributed by atoms with Gasteiger partial charge in [0.15, 0.2) is 5.96 Å². The zero-order valence-electron chi connectivity index (χ0n) is 25.5. The van der Waals surface area contributed by atoms with Crippen LogP contribution >= 0.6 is 0 Å². The second-order valence-corrected chi connectivity index (χ2v) is 14.6. The van der Waals surface area contributed by atoms with E-state index in [-0.39, 0.29) is 43.0 Å². The Kier molecular flexibility index (Phi) is 8.57. The van der Waals surface area contributed by atoms with Crippen molar-refractivity contribution in [3.8, 4) is 0 Å². The third kappa shape index (κ3) is 5.87. The molecule has 0 aromatic carbocycles. The van der Waals surface area contributed by atoms with Crippen molar-refractivity contribution in [3.05, 3.63) is 0 Å². The summed E-state index contributed by atoms with van der Waals surface area (Å²) in [5, 5.41) is 19.8. The maximum atomic E-state index is 13.7. The lowest BCUT2D eigenvalue weighted by molar-refractivity contribution is -0.151. The summed E-state index contributed by atoms with van der Waals surface area (Å²) in [6.45, 7) is 8.27. The molecule has 0 bridgehead atoms. The molecule has 4 N–H and O–H groups in total. The van der Waals surface area contributed by atoms with Crippen LogP contribution in [-0.2, 0) is 0 Å². The number of fused-ring (bicyclic) bond motifs is 1. The average Bonchev–Trinajstić information content (AvgIpc) is 3.48. The Hall–Kier alpha value is -1.14. The van der Waals surface area contributed by atoms with Crippen LogP contribution in [0.25, 0.3) is 0 Å². The number of hydrogen-bond acceptors (Lipinski definition) is 6. The first-order chi connectivity index (χ1) is 19.5. The molecule has 7 unspecified atom stereocenters. The first-order valence-electron chi connectivity index (χ1n) is 16.4. The van der Waals surface area contributed by atoms with Crippen LogP contribution in [0, 0.1) is 35.0 Å². The second-order valence-electron chi connectivity index (χ2n) is 14.6. The van der Waals surface area contributed by atoms with E-state index in [4.69, 9.17) is 5.41 Å². The van der Waals surface area contributed by atoms with Crippen molar-refractivity contribution in [1.82, 2.24) is 35.6 Å². The van der Waals surface area contributed by atoms with Crippen molar-refractivity contribution in [2.24, 2.45) is 29.6 Å². The van der Waals surface area contributed by atoms with Gasteiger partial charge in [-0.25, -0.2) is 0 Å². The number of alkyl halides is 3. The molecule has 8 nitrogen and oxygen atoms in total. The van der Waals surface area contributed by atoms with Gasteiger partial charge in [-0.1, -0.05) is 26.7 Å². The van der Waals surface area contributed by atoms with E-state index in [2.05, 4.69) is 49.4 Å². The van der Waals surface area contributed by atoms with Gasteiger partial charge in [-0.2, -0.15) is 13.2 Å². The number of guanidine groups is 1. The Bertz CT molecular complexity index is 918. The number of hydrogen-bond donors (Lipinski definition) is 4. The van der Waals surface area contributed by atoms with Crippen LogP contribution in [-0.4, -0.2) is 115 Å². The summed E-state index contributed by atoms with van der Waals surface area (Å²) in [5.41, 5.74) is 0. The standard InChI is InChI=1S/C30H53F3N8/c1-18(2)22-7-5-6-8-23(22)26-35-13-24-28(37-26)41(29(34)39(24)4)14-19-9-11-20(12-10-19)27-36-25(30(31,32)33)17-40(27)21-15-38(3)16-21/h18-28,34-37H,5-17H2,1-4H3. The largest absolute Gasteiger partial charge is 0.405 e. The first-order valence-corrected chi connectivity index (χ1v) is 16.4. The lowest BCUT2D eigenvalue weighted by atomic mass is 9.71. The summed E-state index contributed by atoms with van der Waals surface area (Å²) in [4.78, 5) is 8.75. The molecule has 7 atom stereocenters.